The third-order valence-corrected chi connectivity index (χ3v) is 3.63. The van der Waals surface area contributed by atoms with Crippen LogP contribution in [0.15, 0.2) is 24.5 Å². The van der Waals surface area contributed by atoms with Crippen LogP contribution < -0.4 is 5.32 Å². The quantitative estimate of drug-likeness (QED) is 0.839. The number of pyridine rings is 1. The lowest BCUT2D eigenvalue weighted by atomic mass is 9.92. The molecule has 2 rings (SSSR count). The maximum Gasteiger partial charge on any atom is 0.0551 e. The van der Waals surface area contributed by atoms with Crippen molar-refractivity contribution in [2.75, 3.05) is 13.2 Å². The summed E-state index contributed by atoms with van der Waals surface area (Å²) in [5.74, 6) is 0.631. The van der Waals surface area contributed by atoms with E-state index in [0.717, 1.165) is 19.6 Å². The molecule has 1 aliphatic rings. The van der Waals surface area contributed by atoms with E-state index in [2.05, 4.69) is 30.2 Å². The lowest BCUT2D eigenvalue weighted by Crippen LogP contribution is -2.39. The van der Waals surface area contributed by atoms with Gasteiger partial charge in [-0.2, -0.15) is 0 Å². The van der Waals surface area contributed by atoms with Crippen molar-refractivity contribution in [1.29, 1.82) is 0 Å². The Morgan fingerprint density at radius 3 is 3.06 bits per heavy atom. The molecule has 0 saturated carbocycles. The van der Waals surface area contributed by atoms with Crippen molar-refractivity contribution in [3.05, 3.63) is 30.1 Å². The lowest BCUT2D eigenvalue weighted by molar-refractivity contribution is 0.117. The number of nitrogens with one attached hydrogen (secondary N) is 1. The second kappa shape index (κ2) is 6.86. The van der Waals surface area contributed by atoms with Crippen LogP contribution in [0.2, 0.25) is 0 Å². The minimum Gasteiger partial charge on any atom is -0.378 e. The van der Waals surface area contributed by atoms with Crippen molar-refractivity contribution in [3.8, 4) is 0 Å². The van der Waals surface area contributed by atoms with Crippen LogP contribution >= 0.6 is 0 Å². The Bertz CT molecular complexity index is 342. The molecular weight excluding hydrogens is 224 g/mol. The zero-order valence-electron chi connectivity index (χ0n) is 11.4. The molecule has 0 bridgehead atoms. The van der Waals surface area contributed by atoms with Crippen LogP contribution in [-0.2, 0) is 11.2 Å². The maximum absolute atomic E-state index is 5.71. The van der Waals surface area contributed by atoms with Gasteiger partial charge in [-0.3, -0.25) is 4.98 Å². The average molecular weight is 248 g/mol. The summed E-state index contributed by atoms with van der Waals surface area (Å²) in [6.07, 6.45) is 7.61. The number of rotatable bonds is 6. The zero-order chi connectivity index (χ0) is 12.8. The largest absolute Gasteiger partial charge is 0.378 e. The number of ether oxygens (including phenoxy) is 1. The van der Waals surface area contributed by atoms with Crippen molar-refractivity contribution in [2.24, 2.45) is 5.92 Å². The van der Waals surface area contributed by atoms with Crippen LogP contribution in [0, 0.1) is 5.92 Å². The normalized spacial score (nSPS) is 25.2. The molecule has 100 valence electrons. The molecule has 18 heavy (non-hydrogen) atoms. The van der Waals surface area contributed by atoms with Crippen LogP contribution in [0.3, 0.4) is 0 Å². The van der Waals surface area contributed by atoms with E-state index >= 15 is 0 Å². The predicted molar refractivity (Wildman–Crippen MR) is 73.5 cm³/mol. The highest BCUT2D eigenvalue weighted by Crippen LogP contribution is 2.24. The number of nitrogens with zero attached hydrogens (tertiary/aromatic N) is 1. The summed E-state index contributed by atoms with van der Waals surface area (Å²) in [7, 11) is 0. The van der Waals surface area contributed by atoms with Crippen LogP contribution in [0.4, 0.5) is 0 Å². The first kappa shape index (κ1) is 13.5. The summed E-state index contributed by atoms with van der Waals surface area (Å²) in [5, 5.41) is 3.67. The summed E-state index contributed by atoms with van der Waals surface area (Å²) in [5.41, 5.74) is 1.31. The van der Waals surface area contributed by atoms with Crippen LogP contribution in [0.25, 0.3) is 0 Å². The molecule has 3 heteroatoms. The molecule has 2 heterocycles. The molecule has 1 saturated heterocycles. The third-order valence-electron chi connectivity index (χ3n) is 3.63. The summed E-state index contributed by atoms with van der Waals surface area (Å²) in [6.45, 7) is 6.35. The SMILES string of the molecule is CCCNC(Cc1cccnc1)C1COC(C)C1. The summed E-state index contributed by atoms with van der Waals surface area (Å²) in [4.78, 5) is 4.20. The summed E-state index contributed by atoms with van der Waals surface area (Å²) < 4.78 is 5.71. The minimum atomic E-state index is 0.412. The topological polar surface area (TPSA) is 34.2 Å². The minimum absolute atomic E-state index is 0.412. The molecule has 0 aliphatic carbocycles. The first-order chi connectivity index (χ1) is 8.79. The van der Waals surface area contributed by atoms with Gasteiger partial charge in [0, 0.05) is 24.4 Å². The molecule has 1 N–H and O–H groups in total. The monoisotopic (exact) mass is 248 g/mol. The fourth-order valence-electron chi connectivity index (χ4n) is 2.64. The van der Waals surface area contributed by atoms with Gasteiger partial charge in [0.2, 0.25) is 0 Å². The maximum atomic E-state index is 5.71. The molecule has 1 aromatic rings. The van der Waals surface area contributed by atoms with Gasteiger partial charge in [0.15, 0.2) is 0 Å². The van der Waals surface area contributed by atoms with E-state index in [0.29, 0.717) is 18.1 Å². The van der Waals surface area contributed by atoms with Crippen molar-refractivity contribution in [1.82, 2.24) is 10.3 Å². The van der Waals surface area contributed by atoms with E-state index in [9.17, 15) is 0 Å². The highest BCUT2D eigenvalue weighted by molar-refractivity contribution is 5.11. The van der Waals surface area contributed by atoms with E-state index in [4.69, 9.17) is 4.74 Å². The highest BCUT2D eigenvalue weighted by atomic mass is 16.5. The summed E-state index contributed by atoms with van der Waals surface area (Å²) >= 11 is 0. The Balaban J connectivity index is 1.96. The van der Waals surface area contributed by atoms with Crippen molar-refractivity contribution < 1.29 is 4.74 Å². The van der Waals surface area contributed by atoms with Crippen molar-refractivity contribution >= 4 is 0 Å². The van der Waals surface area contributed by atoms with E-state index in [1.54, 1.807) is 0 Å². The van der Waals surface area contributed by atoms with Gasteiger partial charge < -0.3 is 10.1 Å². The molecular formula is C15H24N2O. The molecule has 0 amide bonds. The predicted octanol–water partition coefficient (Wildman–Crippen LogP) is 2.42. The van der Waals surface area contributed by atoms with Crippen LogP contribution in [-0.4, -0.2) is 30.3 Å². The Labute approximate surface area is 110 Å². The third kappa shape index (κ3) is 3.79. The fraction of sp³-hybridized carbons (Fsp3) is 0.667. The standard InChI is InChI=1S/C15H24N2O/c1-3-6-17-15(14-8-12(2)18-11-14)9-13-5-4-7-16-10-13/h4-5,7,10,12,14-15,17H,3,6,8-9,11H2,1-2H3. The van der Waals surface area contributed by atoms with Gasteiger partial charge in [-0.05, 0) is 44.4 Å². The number of hydrogen-bond donors (Lipinski definition) is 1. The Morgan fingerprint density at radius 2 is 2.44 bits per heavy atom. The number of hydrogen-bond acceptors (Lipinski definition) is 3. The van der Waals surface area contributed by atoms with Gasteiger partial charge in [-0.25, -0.2) is 0 Å². The van der Waals surface area contributed by atoms with Crippen molar-refractivity contribution in [3.63, 3.8) is 0 Å². The Kier molecular flexibility index (Phi) is 5.14. The van der Waals surface area contributed by atoms with Crippen molar-refractivity contribution in [2.45, 2.75) is 45.3 Å². The van der Waals surface area contributed by atoms with Gasteiger partial charge in [-0.1, -0.05) is 13.0 Å². The molecule has 0 spiro atoms. The molecule has 3 unspecified atom stereocenters. The lowest BCUT2D eigenvalue weighted by Gasteiger charge is -2.24. The van der Waals surface area contributed by atoms with Gasteiger partial charge in [0.1, 0.15) is 0 Å². The molecule has 1 fully saturated rings. The first-order valence-electron chi connectivity index (χ1n) is 7.03. The molecule has 0 aromatic carbocycles. The van der Waals surface area contributed by atoms with E-state index in [1.807, 2.05) is 18.5 Å². The van der Waals surface area contributed by atoms with Crippen LogP contribution in [0.1, 0.15) is 32.3 Å². The highest BCUT2D eigenvalue weighted by Gasteiger charge is 2.29. The van der Waals surface area contributed by atoms with Gasteiger partial charge in [0.05, 0.1) is 12.7 Å². The smallest absolute Gasteiger partial charge is 0.0551 e. The fourth-order valence-corrected chi connectivity index (χ4v) is 2.64. The molecule has 0 radical (unpaired) electrons. The summed E-state index contributed by atoms with van der Waals surface area (Å²) in [6, 6.07) is 4.69. The van der Waals surface area contributed by atoms with Gasteiger partial charge in [-0.15, -0.1) is 0 Å². The zero-order valence-corrected chi connectivity index (χ0v) is 11.4. The molecule has 3 atom stereocenters. The van der Waals surface area contributed by atoms with E-state index in [-0.39, 0.29) is 0 Å². The van der Waals surface area contributed by atoms with Crippen LogP contribution in [0.5, 0.6) is 0 Å². The second-order valence-corrected chi connectivity index (χ2v) is 5.27. The average Bonchev–Trinajstić information content (AvgIpc) is 2.82. The van der Waals surface area contributed by atoms with Gasteiger partial charge >= 0.3 is 0 Å². The number of aromatic nitrogens is 1. The second-order valence-electron chi connectivity index (χ2n) is 5.27. The van der Waals surface area contributed by atoms with E-state index < -0.39 is 0 Å². The van der Waals surface area contributed by atoms with E-state index in [1.165, 1.54) is 18.4 Å². The molecule has 1 aromatic heterocycles. The van der Waals surface area contributed by atoms with Gasteiger partial charge in [0.25, 0.3) is 0 Å². The first-order valence-corrected chi connectivity index (χ1v) is 7.03. The Hall–Kier alpha value is -0.930. The molecule has 3 nitrogen and oxygen atoms in total. The Morgan fingerprint density at radius 1 is 1.56 bits per heavy atom. The molecule has 1 aliphatic heterocycles.